The highest BCUT2D eigenvalue weighted by Crippen LogP contribution is 2.58. The molecule has 1 amide bonds. The summed E-state index contributed by atoms with van der Waals surface area (Å²) in [6, 6.07) is 15.8. The average molecular weight is 311 g/mol. The Hall–Kier alpha value is -2.14. The zero-order valence-electron chi connectivity index (χ0n) is 11.6. The minimum absolute atomic E-state index is 0.167. The Morgan fingerprint density at radius 3 is 1.73 bits per heavy atom. The Bertz CT molecular complexity index is 887. The molecule has 0 spiro atoms. The van der Waals surface area contributed by atoms with Gasteiger partial charge in [0.2, 0.25) is 15.9 Å². The molecule has 3 aliphatic carbocycles. The van der Waals surface area contributed by atoms with Crippen molar-refractivity contribution in [1.29, 1.82) is 0 Å². The van der Waals surface area contributed by atoms with Crippen LogP contribution in [-0.4, -0.2) is 19.6 Å². The number of benzene rings is 2. The fourth-order valence-electron chi connectivity index (χ4n) is 4.58. The molecule has 2 unspecified atom stereocenters. The van der Waals surface area contributed by atoms with Gasteiger partial charge in [0.1, 0.15) is 5.25 Å². The van der Waals surface area contributed by atoms with Gasteiger partial charge in [-0.25, -0.2) is 8.42 Å². The first-order valence-corrected chi connectivity index (χ1v) is 8.87. The number of amides is 1. The molecule has 0 saturated carbocycles. The summed E-state index contributed by atoms with van der Waals surface area (Å²) in [4.78, 5) is 12.3. The number of hydrogen-bond donors (Lipinski definition) is 1. The van der Waals surface area contributed by atoms with Crippen molar-refractivity contribution in [3.63, 3.8) is 0 Å². The van der Waals surface area contributed by atoms with Gasteiger partial charge in [-0.05, 0) is 22.3 Å². The van der Waals surface area contributed by atoms with E-state index in [1.165, 1.54) is 0 Å². The fourth-order valence-corrected chi connectivity index (χ4v) is 6.45. The van der Waals surface area contributed by atoms with Gasteiger partial charge in [-0.2, -0.15) is 0 Å². The zero-order valence-corrected chi connectivity index (χ0v) is 12.4. The average Bonchev–Trinajstić information content (AvgIpc) is 2.77. The van der Waals surface area contributed by atoms with Gasteiger partial charge >= 0.3 is 0 Å². The van der Waals surface area contributed by atoms with E-state index in [9.17, 15) is 13.2 Å². The molecule has 2 aromatic carbocycles. The van der Waals surface area contributed by atoms with Gasteiger partial charge in [0.25, 0.3) is 0 Å². The van der Waals surface area contributed by atoms with E-state index in [0.29, 0.717) is 0 Å². The quantitative estimate of drug-likeness (QED) is 0.806. The van der Waals surface area contributed by atoms with E-state index in [0.717, 1.165) is 22.3 Å². The van der Waals surface area contributed by atoms with Crippen molar-refractivity contribution in [2.24, 2.45) is 5.92 Å². The summed E-state index contributed by atoms with van der Waals surface area (Å²) in [7, 11) is -3.61. The maximum atomic E-state index is 12.5. The van der Waals surface area contributed by atoms with E-state index < -0.39 is 21.2 Å². The molecule has 0 aromatic heterocycles. The Labute approximate surface area is 128 Å². The largest absolute Gasteiger partial charge is 0.274 e. The number of sulfonamides is 1. The fraction of sp³-hybridized carbons (Fsp3) is 0.235. The molecular weight excluding hydrogens is 298 g/mol. The van der Waals surface area contributed by atoms with Gasteiger partial charge in [0, 0.05) is 11.8 Å². The number of carbonyl (C=O) groups is 1. The maximum Gasteiger partial charge on any atom is 0.239 e. The summed E-state index contributed by atoms with van der Waals surface area (Å²) in [6.07, 6.45) is 0. The highest BCUT2D eigenvalue weighted by Gasteiger charge is 2.61. The van der Waals surface area contributed by atoms with Crippen LogP contribution in [0.4, 0.5) is 0 Å². The highest BCUT2D eigenvalue weighted by molar-refractivity contribution is 7.91. The van der Waals surface area contributed by atoms with Crippen molar-refractivity contribution >= 4 is 15.9 Å². The van der Waals surface area contributed by atoms with Crippen molar-refractivity contribution in [2.75, 3.05) is 0 Å². The van der Waals surface area contributed by atoms with E-state index in [4.69, 9.17) is 0 Å². The van der Waals surface area contributed by atoms with E-state index in [1.807, 2.05) is 48.5 Å². The van der Waals surface area contributed by atoms with Crippen LogP contribution in [0, 0.1) is 5.92 Å². The SMILES string of the molecule is O=C1NS(=O)(=O)C2C3c4ccccc4C(c4ccccc43)C12. The van der Waals surface area contributed by atoms with Crippen LogP contribution in [0.5, 0.6) is 0 Å². The number of rotatable bonds is 0. The van der Waals surface area contributed by atoms with E-state index in [-0.39, 0.29) is 17.7 Å². The Morgan fingerprint density at radius 1 is 0.773 bits per heavy atom. The topological polar surface area (TPSA) is 63.2 Å². The minimum atomic E-state index is -3.61. The number of nitrogens with one attached hydrogen (secondary N) is 1. The maximum absolute atomic E-state index is 12.5. The predicted molar refractivity (Wildman–Crippen MR) is 80.9 cm³/mol. The molecule has 0 radical (unpaired) electrons. The highest BCUT2D eigenvalue weighted by atomic mass is 32.2. The third-order valence-electron chi connectivity index (χ3n) is 5.28. The second-order valence-electron chi connectivity index (χ2n) is 6.21. The molecule has 1 N–H and O–H groups in total. The molecule has 22 heavy (non-hydrogen) atoms. The van der Waals surface area contributed by atoms with Gasteiger partial charge in [-0.1, -0.05) is 48.5 Å². The molecule has 4 aliphatic rings. The minimum Gasteiger partial charge on any atom is -0.274 e. The molecular formula is C17H13NO3S. The molecule has 6 rings (SSSR count). The van der Waals surface area contributed by atoms with E-state index in [2.05, 4.69) is 4.72 Å². The van der Waals surface area contributed by atoms with Crippen molar-refractivity contribution in [3.05, 3.63) is 70.8 Å². The molecule has 2 atom stereocenters. The van der Waals surface area contributed by atoms with Crippen LogP contribution >= 0.6 is 0 Å². The Balaban J connectivity index is 1.90. The first-order chi connectivity index (χ1) is 10.6. The van der Waals surface area contributed by atoms with Crippen LogP contribution in [0.3, 0.4) is 0 Å². The normalized spacial score (nSPS) is 32.8. The van der Waals surface area contributed by atoms with Gasteiger partial charge in [0.05, 0.1) is 5.92 Å². The molecule has 2 aromatic rings. The summed E-state index contributed by atoms with van der Waals surface area (Å²) in [5.41, 5.74) is 4.29. The summed E-state index contributed by atoms with van der Waals surface area (Å²) >= 11 is 0. The first kappa shape index (κ1) is 12.4. The van der Waals surface area contributed by atoms with Crippen molar-refractivity contribution in [3.8, 4) is 0 Å². The molecule has 110 valence electrons. The lowest BCUT2D eigenvalue weighted by Crippen LogP contribution is -2.45. The van der Waals surface area contributed by atoms with Gasteiger partial charge in [-0.3, -0.25) is 9.52 Å². The first-order valence-electron chi connectivity index (χ1n) is 7.33. The molecule has 1 aliphatic heterocycles. The van der Waals surface area contributed by atoms with E-state index in [1.54, 1.807) is 0 Å². The summed E-state index contributed by atoms with van der Waals surface area (Å²) in [6.45, 7) is 0. The monoisotopic (exact) mass is 311 g/mol. The number of carbonyl (C=O) groups excluding carboxylic acids is 1. The summed E-state index contributed by atoms with van der Waals surface area (Å²) in [5, 5.41) is -0.685. The third-order valence-corrected chi connectivity index (χ3v) is 7.05. The Kier molecular flexibility index (Phi) is 2.14. The van der Waals surface area contributed by atoms with Crippen molar-refractivity contribution < 1.29 is 13.2 Å². The van der Waals surface area contributed by atoms with Crippen LogP contribution < -0.4 is 4.72 Å². The van der Waals surface area contributed by atoms with Crippen LogP contribution in [0.15, 0.2) is 48.5 Å². The smallest absolute Gasteiger partial charge is 0.239 e. The standard InChI is InChI=1S/C17H13NO3S/c19-17-15-13-9-5-1-3-7-11(9)14(16(15)22(20,21)18-17)12-8-4-2-6-10(12)13/h1-8,13-16H,(H,18,19). The Morgan fingerprint density at radius 2 is 1.23 bits per heavy atom. The molecule has 1 heterocycles. The second kappa shape index (κ2) is 3.79. The van der Waals surface area contributed by atoms with E-state index >= 15 is 0 Å². The molecule has 4 nitrogen and oxygen atoms in total. The molecule has 1 saturated heterocycles. The van der Waals surface area contributed by atoms with Gasteiger partial charge < -0.3 is 0 Å². The zero-order chi connectivity index (χ0) is 15.1. The van der Waals surface area contributed by atoms with Crippen LogP contribution in [0.25, 0.3) is 0 Å². The van der Waals surface area contributed by atoms with Crippen LogP contribution in [0.2, 0.25) is 0 Å². The molecule has 1 fully saturated rings. The van der Waals surface area contributed by atoms with Gasteiger partial charge in [0.15, 0.2) is 0 Å². The molecule has 5 heteroatoms. The lowest BCUT2D eigenvalue weighted by Gasteiger charge is -2.45. The third kappa shape index (κ3) is 1.28. The lowest BCUT2D eigenvalue weighted by atomic mass is 9.59. The van der Waals surface area contributed by atoms with Crippen molar-refractivity contribution in [1.82, 2.24) is 4.72 Å². The van der Waals surface area contributed by atoms with Crippen molar-refractivity contribution in [2.45, 2.75) is 17.1 Å². The number of hydrogen-bond acceptors (Lipinski definition) is 3. The lowest BCUT2D eigenvalue weighted by molar-refractivity contribution is -0.122. The predicted octanol–water partition coefficient (Wildman–Crippen LogP) is 1.72. The van der Waals surface area contributed by atoms with Gasteiger partial charge in [-0.15, -0.1) is 0 Å². The second-order valence-corrected chi connectivity index (χ2v) is 8.05. The summed E-state index contributed by atoms with van der Waals surface area (Å²) in [5.74, 6) is -1.30. The van der Waals surface area contributed by atoms with Crippen LogP contribution in [0.1, 0.15) is 34.1 Å². The van der Waals surface area contributed by atoms with Crippen LogP contribution in [-0.2, 0) is 14.8 Å². The molecule has 2 bridgehead atoms. The summed E-state index contributed by atoms with van der Waals surface area (Å²) < 4.78 is 27.2.